The topological polar surface area (TPSA) is 61.9 Å². The summed E-state index contributed by atoms with van der Waals surface area (Å²) in [4.78, 5) is 28.0. The molecule has 3 rings (SSSR count). The number of amides is 2. The smallest absolute Gasteiger partial charge is 0.248 e. The second-order valence-corrected chi connectivity index (χ2v) is 6.38. The number of carbonyl (C=O) groups excluding carboxylic acids is 2. The van der Waals surface area contributed by atoms with Crippen LogP contribution in [0.25, 0.3) is 0 Å². The fourth-order valence-electron chi connectivity index (χ4n) is 3.73. The van der Waals surface area contributed by atoms with Crippen LogP contribution in [-0.2, 0) is 14.3 Å². The molecule has 3 atom stereocenters. The Morgan fingerprint density at radius 3 is 2.71 bits per heavy atom. The zero-order chi connectivity index (χ0) is 14.8. The summed E-state index contributed by atoms with van der Waals surface area (Å²) in [5.41, 5.74) is 0. The van der Waals surface area contributed by atoms with Crippen LogP contribution < -0.4 is 5.32 Å². The Hall–Kier alpha value is -1.14. The molecule has 6 nitrogen and oxygen atoms in total. The molecule has 1 N–H and O–H groups in total. The second kappa shape index (κ2) is 6.32. The van der Waals surface area contributed by atoms with Crippen LogP contribution in [0.4, 0.5) is 0 Å². The minimum Gasteiger partial charge on any atom is -0.364 e. The summed E-state index contributed by atoms with van der Waals surface area (Å²) in [6.45, 7) is 4.03. The molecule has 3 aliphatic rings. The Kier molecular flexibility index (Phi) is 4.45. The summed E-state index contributed by atoms with van der Waals surface area (Å²) in [5.74, 6) is 0.682. The predicted octanol–water partition coefficient (Wildman–Crippen LogP) is -0.166. The maximum atomic E-state index is 12.2. The number of hydrogen-bond donors (Lipinski definition) is 1. The normalized spacial score (nSPS) is 33.0. The minimum atomic E-state index is -0.306. The zero-order valence-electron chi connectivity index (χ0n) is 12.7. The second-order valence-electron chi connectivity index (χ2n) is 6.38. The van der Waals surface area contributed by atoms with Crippen LogP contribution in [0.2, 0.25) is 0 Å². The number of rotatable bonds is 3. The molecule has 6 heteroatoms. The molecule has 0 bridgehead atoms. The number of nitrogens with one attached hydrogen (secondary N) is 1. The summed E-state index contributed by atoms with van der Waals surface area (Å²) >= 11 is 0. The van der Waals surface area contributed by atoms with Crippen molar-refractivity contribution >= 4 is 11.8 Å². The van der Waals surface area contributed by atoms with E-state index in [1.807, 2.05) is 4.90 Å². The van der Waals surface area contributed by atoms with E-state index in [1.165, 1.54) is 0 Å². The Morgan fingerprint density at radius 1 is 1.24 bits per heavy atom. The van der Waals surface area contributed by atoms with E-state index < -0.39 is 0 Å². The molecule has 2 amide bonds. The maximum Gasteiger partial charge on any atom is 0.248 e. The molecule has 3 fully saturated rings. The SMILES string of the molecule is CNC(=O)[C@H]1C[C@@H]2CCN(CC(=O)N3CCCC3)C[C@@H]2O1. The van der Waals surface area contributed by atoms with Gasteiger partial charge in [0.15, 0.2) is 0 Å². The number of hydrogen-bond acceptors (Lipinski definition) is 4. The van der Waals surface area contributed by atoms with Crippen LogP contribution >= 0.6 is 0 Å². The van der Waals surface area contributed by atoms with Crippen molar-refractivity contribution in [1.82, 2.24) is 15.1 Å². The van der Waals surface area contributed by atoms with Crippen LogP contribution in [0.1, 0.15) is 25.7 Å². The maximum absolute atomic E-state index is 12.2. The van der Waals surface area contributed by atoms with Crippen molar-refractivity contribution in [3.63, 3.8) is 0 Å². The van der Waals surface area contributed by atoms with Crippen molar-refractivity contribution in [1.29, 1.82) is 0 Å². The van der Waals surface area contributed by atoms with Crippen LogP contribution in [0.3, 0.4) is 0 Å². The first-order chi connectivity index (χ1) is 10.2. The quantitative estimate of drug-likeness (QED) is 0.785. The lowest BCUT2D eigenvalue weighted by Gasteiger charge is -2.34. The van der Waals surface area contributed by atoms with Crippen molar-refractivity contribution in [2.24, 2.45) is 5.92 Å². The summed E-state index contributed by atoms with van der Waals surface area (Å²) in [5, 5.41) is 2.66. The van der Waals surface area contributed by atoms with Gasteiger partial charge >= 0.3 is 0 Å². The highest BCUT2D eigenvalue weighted by molar-refractivity contribution is 5.80. The van der Waals surface area contributed by atoms with E-state index in [9.17, 15) is 9.59 Å². The van der Waals surface area contributed by atoms with Crippen molar-refractivity contribution < 1.29 is 14.3 Å². The number of nitrogens with zero attached hydrogens (tertiary/aromatic N) is 2. The van der Waals surface area contributed by atoms with Gasteiger partial charge in [-0.3, -0.25) is 14.5 Å². The van der Waals surface area contributed by atoms with E-state index >= 15 is 0 Å². The van der Waals surface area contributed by atoms with Crippen LogP contribution in [-0.4, -0.2) is 73.6 Å². The van der Waals surface area contributed by atoms with Gasteiger partial charge in [0.25, 0.3) is 0 Å². The third kappa shape index (κ3) is 3.21. The fraction of sp³-hybridized carbons (Fsp3) is 0.867. The van der Waals surface area contributed by atoms with Crippen LogP contribution in [0.5, 0.6) is 0 Å². The Labute approximate surface area is 125 Å². The van der Waals surface area contributed by atoms with Gasteiger partial charge in [-0.25, -0.2) is 0 Å². The van der Waals surface area contributed by atoms with Gasteiger partial charge in [-0.1, -0.05) is 0 Å². The van der Waals surface area contributed by atoms with Crippen molar-refractivity contribution in [3.8, 4) is 0 Å². The average Bonchev–Trinajstić information content (AvgIpc) is 3.15. The molecular formula is C15H25N3O3. The van der Waals surface area contributed by atoms with E-state index in [0.717, 1.165) is 51.9 Å². The van der Waals surface area contributed by atoms with Gasteiger partial charge in [0.2, 0.25) is 11.8 Å². The highest BCUT2D eigenvalue weighted by Gasteiger charge is 2.41. The first kappa shape index (κ1) is 14.8. The van der Waals surface area contributed by atoms with Gasteiger partial charge in [0.1, 0.15) is 6.10 Å². The lowest BCUT2D eigenvalue weighted by molar-refractivity contribution is -0.135. The molecular weight excluding hydrogens is 270 g/mol. The van der Waals surface area contributed by atoms with Crippen LogP contribution in [0.15, 0.2) is 0 Å². The van der Waals surface area contributed by atoms with E-state index in [-0.39, 0.29) is 24.0 Å². The highest BCUT2D eigenvalue weighted by atomic mass is 16.5. The fourth-order valence-corrected chi connectivity index (χ4v) is 3.73. The Bertz CT molecular complexity index is 409. The number of carbonyl (C=O) groups is 2. The lowest BCUT2D eigenvalue weighted by atomic mass is 9.91. The molecule has 3 heterocycles. The summed E-state index contributed by atoms with van der Waals surface area (Å²) in [6, 6.07) is 0. The molecule has 3 aliphatic heterocycles. The van der Waals surface area contributed by atoms with Gasteiger partial charge in [-0.05, 0) is 38.1 Å². The van der Waals surface area contributed by atoms with Gasteiger partial charge in [0, 0.05) is 26.7 Å². The first-order valence-electron chi connectivity index (χ1n) is 8.04. The van der Waals surface area contributed by atoms with Gasteiger partial charge < -0.3 is 15.0 Å². The number of likely N-dealkylation sites (tertiary alicyclic amines) is 2. The first-order valence-corrected chi connectivity index (χ1v) is 8.04. The molecule has 0 aromatic rings. The molecule has 0 saturated carbocycles. The highest BCUT2D eigenvalue weighted by Crippen LogP contribution is 2.33. The summed E-state index contributed by atoms with van der Waals surface area (Å²) in [6.07, 6.45) is 3.90. The molecule has 0 spiro atoms. The number of piperidine rings is 1. The largest absolute Gasteiger partial charge is 0.364 e. The molecule has 118 valence electrons. The van der Waals surface area contributed by atoms with Crippen LogP contribution in [0, 0.1) is 5.92 Å². The Morgan fingerprint density at radius 2 is 2.00 bits per heavy atom. The van der Waals surface area contributed by atoms with Crippen molar-refractivity contribution in [2.75, 3.05) is 39.8 Å². The minimum absolute atomic E-state index is 0.0240. The summed E-state index contributed by atoms with van der Waals surface area (Å²) < 4.78 is 5.88. The molecule has 0 aromatic heterocycles. The van der Waals surface area contributed by atoms with Gasteiger partial charge in [-0.15, -0.1) is 0 Å². The predicted molar refractivity (Wildman–Crippen MR) is 77.7 cm³/mol. The molecule has 0 aliphatic carbocycles. The van der Waals surface area contributed by atoms with Gasteiger partial charge in [0.05, 0.1) is 12.6 Å². The zero-order valence-corrected chi connectivity index (χ0v) is 12.7. The average molecular weight is 295 g/mol. The molecule has 21 heavy (non-hydrogen) atoms. The molecule has 0 aromatic carbocycles. The summed E-state index contributed by atoms with van der Waals surface area (Å²) in [7, 11) is 1.65. The van der Waals surface area contributed by atoms with E-state index in [4.69, 9.17) is 4.74 Å². The van der Waals surface area contributed by atoms with E-state index in [0.29, 0.717) is 12.5 Å². The Balaban J connectivity index is 1.50. The van der Waals surface area contributed by atoms with Crippen molar-refractivity contribution in [3.05, 3.63) is 0 Å². The molecule has 0 unspecified atom stereocenters. The number of likely N-dealkylation sites (N-methyl/N-ethyl adjacent to an activating group) is 1. The monoisotopic (exact) mass is 295 g/mol. The van der Waals surface area contributed by atoms with Gasteiger partial charge in [-0.2, -0.15) is 0 Å². The van der Waals surface area contributed by atoms with E-state index in [1.54, 1.807) is 7.05 Å². The third-order valence-electron chi connectivity index (χ3n) is 4.99. The standard InChI is InChI=1S/C15H25N3O3/c1-16-15(20)12-8-11-4-7-17(9-13(11)21-12)10-14(19)18-5-2-3-6-18/h11-13H,2-10H2,1H3,(H,16,20)/t11-,12+,13-/m0/s1. The van der Waals surface area contributed by atoms with E-state index in [2.05, 4.69) is 10.2 Å². The third-order valence-corrected chi connectivity index (χ3v) is 4.99. The number of ether oxygens (including phenoxy) is 1. The molecule has 3 saturated heterocycles. The van der Waals surface area contributed by atoms with Crippen molar-refractivity contribution in [2.45, 2.75) is 37.9 Å². The lowest BCUT2D eigenvalue weighted by Crippen LogP contribution is -2.47. The molecule has 0 radical (unpaired) electrons. The number of fused-ring (bicyclic) bond motifs is 1.